The monoisotopic (exact) mass is 311 g/mol. The van der Waals surface area contributed by atoms with Crippen molar-refractivity contribution in [1.82, 2.24) is 4.90 Å². The van der Waals surface area contributed by atoms with Gasteiger partial charge in [0.1, 0.15) is 5.82 Å². The van der Waals surface area contributed by atoms with Crippen molar-refractivity contribution in [2.45, 2.75) is 26.2 Å². The molecule has 0 radical (unpaired) electrons. The Morgan fingerprint density at radius 3 is 2.52 bits per heavy atom. The van der Waals surface area contributed by atoms with Crippen molar-refractivity contribution in [3.63, 3.8) is 0 Å². The van der Waals surface area contributed by atoms with E-state index in [2.05, 4.69) is 24.3 Å². The van der Waals surface area contributed by atoms with E-state index >= 15 is 0 Å². The van der Waals surface area contributed by atoms with Crippen LogP contribution in [0.1, 0.15) is 34.3 Å². The predicted molar refractivity (Wildman–Crippen MR) is 89.9 cm³/mol. The van der Waals surface area contributed by atoms with Gasteiger partial charge in [-0.1, -0.05) is 36.4 Å². The normalized spacial score (nSPS) is 15.7. The number of likely N-dealkylation sites (tertiary alicyclic amines) is 1. The zero-order chi connectivity index (χ0) is 16.2. The van der Waals surface area contributed by atoms with Crippen molar-refractivity contribution in [2.24, 2.45) is 5.92 Å². The molecule has 3 heteroatoms. The smallest absolute Gasteiger partial charge is 0.254 e. The lowest BCUT2D eigenvalue weighted by atomic mass is 9.90. The van der Waals surface area contributed by atoms with Gasteiger partial charge in [-0.15, -0.1) is 0 Å². The Kier molecular flexibility index (Phi) is 4.75. The van der Waals surface area contributed by atoms with Gasteiger partial charge in [0.05, 0.1) is 0 Å². The molecule has 2 nitrogen and oxygen atoms in total. The third kappa shape index (κ3) is 3.79. The van der Waals surface area contributed by atoms with Crippen LogP contribution in [0.2, 0.25) is 0 Å². The lowest BCUT2D eigenvalue weighted by molar-refractivity contribution is 0.0689. The molecular weight excluding hydrogens is 289 g/mol. The zero-order valence-electron chi connectivity index (χ0n) is 13.5. The summed E-state index contributed by atoms with van der Waals surface area (Å²) in [5.41, 5.74) is 2.69. The van der Waals surface area contributed by atoms with Gasteiger partial charge in [0.25, 0.3) is 5.91 Å². The number of hydrogen-bond donors (Lipinski definition) is 0. The molecule has 0 saturated carbocycles. The Morgan fingerprint density at radius 2 is 1.83 bits per heavy atom. The molecule has 1 aliphatic rings. The number of piperidine rings is 1. The van der Waals surface area contributed by atoms with E-state index in [0.717, 1.165) is 37.9 Å². The molecule has 1 amide bonds. The summed E-state index contributed by atoms with van der Waals surface area (Å²) in [5.74, 6) is 0.230. The lowest BCUT2D eigenvalue weighted by Crippen LogP contribution is -2.39. The van der Waals surface area contributed by atoms with Crippen LogP contribution in [0.15, 0.2) is 48.5 Å². The average Bonchev–Trinajstić information content (AvgIpc) is 2.58. The van der Waals surface area contributed by atoms with E-state index in [1.807, 2.05) is 17.9 Å². The lowest BCUT2D eigenvalue weighted by Gasteiger charge is -2.32. The molecule has 0 N–H and O–H groups in total. The van der Waals surface area contributed by atoms with Crippen LogP contribution in [0.4, 0.5) is 4.39 Å². The Bertz CT molecular complexity index is 675. The standard InChI is InChI=1S/C20H22FNO/c1-15-7-8-18(21)14-19(15)20(23)22-11-9-17(10-12-22)13-16-5-3-2-4-6-16/h2-8,14,17H,9-13H2,1H3. The Hall–Kier alpha value is -2.16. The van der Waals surface area contributed by atoms with Gasteiger partial charge in [0, 0.05) is 18.7 Å². The van der Waals surface area contributed by atoms with E-state index < -0.39 is 0 Å². The fourth-order valence-corrected chi connectivity index (χ4v) is 3.28. The summed E-state index contributed by atoms with van der Waals surface area (Å²) in [6, 6.07) is 14.9. The highest BCUT2D eigenvalue weighted by atomic mass is 19.1. The number of carbonyl (C=O) groups is 1. The van der Waals surface area contributed by atoms with Crippen LogP contribution >= 0.6 is 0 Å². The summed E-state index contributed by atoms with van der Waals surface area (Å²) in [4.78, 5) is 14.5. The van der Waals surface area contributed by atoms with Crippen molar-refractivity contribution in [2.75, 3.05) is 13.1 Å². The summed E-state index contributed by atoms with van der Waals surface area (Å²) in [5, 5.41) is 0. The summed E-state index contributed by atoms with van der Waals surface area (Å²) in [7, 11) is 0. The Morgan fingerprint density at radius 1 is 1.13 bits per heavy atom. The van der Waals surface area contributed by atoms with E-state index in [9.17, 15) is 9.18 Å². The number of nitrogens with zero attached hydrogens (tertiary/aromatic N) is 1. The van der Waals surface area contributed by atoms with Crippen LogP contribution in [0.3, 0.4) is 0 Å². The molecule has 23 heavy (non-hydrogen) atoms. The first-order chi connectivity index (χ1) is 11.1. The molecule has 1 saturated heterocycles. The molecule has 1 fully saturated rings. The number of carbonyl (C=O) groups excluding carboxylic acids is 1. The molecule has 0 aliphatic carbocycles. The molecule has 0 bridgehead atoms. The fraction of sp³-hybridized carbons (Fsp3) is 0.350. The Balaban J connectivity index is 1.60. The number of aryl methyl sites for hydroxylation is 1. The predicted octanol–water partition coefficient (Wildman–Crippen LogP) is 4.23. The molecule has 2 aromatic rings. The van der Waals surface area contributed by atoms with Crippen molar-refractivity contribution >= 4 is 5.91 Å². The summed E-state index contributed by atoms with van der Waals surface area (Å²) in [6.45, 7) is 3.37. The van der Waals surface area contributed by atoms with Crippen LogP contribution in [-0.4, -0.2) is 23.9 Å². The first kappa shape index (κ1) is 15.7. The van der Waals surface area contributed by atoms with Crippen LogP contribution in [0.25, 0.3) is 0 Å². The van der Waals surface area contributed by atoms with Crippen LogP contribution in [0.5, 0.6) is 0 Å². The van der Waals surface area contributed by atoms with Gasteiger partial charge < -0.3 is 4.90 Å². The molecule has 0 spiro atoms. The quantitative estimate of drug-likeness (QED) is 0.830. The van der Waals surface area contributed by atoms with E-state index in [-0.39, 0.29) is 11.7 Å². The van der Waals surface area contributed by atoms with Crippen LogP contribution in [-0.2, 0) is 6.42 Å². The SMILES string of the molecule is Cc1ccc(F)cc1C(=O)N1CCC(Cc2ccccc2)CC1. The largest absolute Gasteiger partial charge is 0.339 e. The topological polar surface area (TPSA) is 20.3 Å². The molecule has 0 unspecified atom stereocenters. The highest BCUT2D eigenvalue weighted by Crippen LogP contribution is 2.23. The number of rotatable bonds is 3. The third-order valence-electron chi connectivity index (χ3n) is 4.70. The van der Waals surface area contributed by atoms with Gasteiger partial charge in [0.15, 0.2) is 0 Å². The minimum Gasteiger partial charge on any atom is -0.339 e. The third-order valence-corrected chi connectivity index (χ3v) is 4.70. The van der Waals surface area contributed by atoms with Crippen molar-refractivity contribution < 1.29 is 9.18 Å². The fourth-order valence-electron chi connectivity index (χ4n) is 3.28. The first-order valence-corrected chi connectivity index (χ1v) is 8.23. The molecule has 1 aliphatic heterocycles. The minimum atomic E-state index is -0.349. The van der Waals surface area contributed by atoms with E-state index in [4.69, 9.17) is 0 Å². The average molecular weight is 311 g/mol. The van der Waals surface area contributed by atoms with Crippen molar-refractivity contribution in [3.8, 4) is 0 Å². The van der Waals surface area contributed by atoms with Gasteiger partial charge in [-0.3, -0.25) is 4.79 Å². The van der Waals surface area contributed by atoms with Crippen LogP contribution < -0.4 is 0 Å². The summed E-state index contributed by atoms with van der Waals surface area (Å²) >= 11 is 0. The molecule has 0 atom stereocenters. The second-order valence-electron chi connectivity index (χ2n) is 6.38. The maximum Gasteiger partial charge on any atom is 0.254 e. The van der Waals surface area contributed by atoms with E-state index in [0.29, 0.717) is 11.5 Å². The van der Waals surface area contributed by atoms with Gasteiger partial charge in [-0.25, -0.2) is 4.39 Å². The highest BCUT2D eigenvalue weighted by molar-refractivity contribution is 5.95. The number of hydrogen-bond acceptors (Lipinski definition) is 1. The molecule has 3 rings (SSSR count). The first-order valence-electron chi connectivity index (χ1n) is 8.23. The van der Waals surface area contributed by atoms with Gasteiger partial charge >= 0.3 is 0 Å². The van der Waals surface area contributed by atoms with Crippen molar-refractivity contribution in [1.29, 1.82) is 0 Å². The zero-order valence-corrected chi connectivity index (χ0v) is 13.5. The molecule has 120 valence electrons. The van der Waals surface area contributed by atoms with E-state index in [1.54, 1.807) is 6.07 Å². The highest BCUT2D eigenvalue weighted by Gasteiger charge is 2.24. The molecule has 1 heterocycles. The number of amides is 1. The second-order valence-corrected chi connectivity index (χ2v) is 6.38. The summed E-state index contributed by atoms with van der Waals surface area (Å²) < 4.78 is 13.4. The molecular formula is C20H22FNO. The second kappa shape index (κ2) is 6.95. The van der Waals surface area contributed by atoms with Gasteiger partial charge in [0.2, 0.25) is 0 Å². The maximum absolute atomic E-state index is 13.4. The van der Waals surface area contributed by atoms with Gasteiger partial charge in [-0.05, 0) is 55.4 Å². The molecule has 0 aromatic heterocycles. The van der Waals surface area contributed by atoms with Gasteiger partial charge in [-0.2, -0.15) is 0 Å². The number of halogens is 1. The van der Waals surface area contributed by atoms with E-state index in [1.165, 1.54) is 17.7 Å². The molecule has 2 aromatic carbocycles. The summed E-state index contributed by atoms with van der Waals surface area (Å²) in [6.07, 6.45) is 3.09. The maximum atomic E-state index is 13.4. The minimum absolute atomic E-state index is 0.0415. The van der Waals surface area contributed by atoms with Crippen molar-refractivity contribution in [3.05, 3.63) is 71.0 Å². The van der Waals surface area contributed by atoms with Crippen LogP contribution in [0, 0.1) is 18.7 Å². The Labute approximate surface area is 136 Å². The number of benzene rings is 2.